The second kappa shape index (κ2) is 3.35. The minimum absolute atomic E-state index is 0.534. The first kappa shape index (κ1) is 9.66. The average molecular weight is 205 g/mol. The molecule has 1 heterocycles. The third-order valence-corrected chi connectivity index (χ3v) is 3.92. The summed E-state index contributed by atoms with van der Waals surface area (Å²) in [6.07, 6.45) is 0. The van der Waals surface area contributed by atoms with Gasteiger partial charge < -0.3 is 0 Å². The topological polar surface area (TPSA) is 12.9 Å². The van der Waals surface area contributed by atoms with Crippen LogP contribution >= 0.6 is 11.3 Å². The van der Waals surface area contributed by atoms with Gasteiger partial charge in [0.15, 0.2) is 0 Å². The molecule has 1 nitrogen and oxygen atoms in total. The molecule has 0 unspecified atom stereocenters. The van der Waals surface area contributed by atoms with Crippen molar-refractivity contribution in [1.29, 1.82) is 0 Å². The van der Waals surface area contributed by atoms with Crippen LogP contribution in [0.25, 0.3) is 10.2 Å². The molecule has 0 aliphatic carbocycles. The summed E-state index contributed by atoms with van der Waals surface area (Å²) in [5, 5.41) is 1.24. The second-order valence-electron chi connectivity index (χ2n) is 4.06. The Bertz CT molecular complexity index is 468. The fourth-order valence-corrected chi connectivity index (χ4v) is 2.52. The van der Waals surface area contributed by atoms with Crippen molar-refractivity contribution in [2.75, 3.05) is 0 Å². The molecule has 0 aliphatic heterocycles. The van der Waals surface area contributed by atoms with Gasteiger partial charge in [-0.05, 0) is 31.0 Å². The highest BCUT2D eigenvalue weighted by Gasteiger charge is 2.09. The number of hydrogen-bond acceptors (Lipinski definition) is 2. The first-order chi connectivity index (χ1) is 6.59. The zero-order valence-corrected chi connectivity index (χ0v) is 9.90. The monoisotopic (exact) mass is 205 g/mol. The van der Waals surface area contributed by atoms with E-state index in [1.54, 1.807) is 0 Å². The molecule has 14 heavy (non-hydrogen) atoms. The fraction of sp³-hybridized carbons (Fsp3) is 0.417. The quantitative estimate of drug-likeness (QED) is 0.684. The minimum atomic E-state index is 0.534. The summed E-state index contributed by atoms with van der Waals surface area (Å²) in [7, 11) is 0. The molecule has 2 heteroatoms. The lowest BCUT2D eigenvalue weighted by atomic mass is 10.1. The van der Waals surface area contributed by atoms with Crippen LogP contribution in [-0.2, 0) is 0 Å². The largest absolute Gasteiger partial charge is 0.241 e. The van der Waals surface area contributed by atoms with Gasteiger partial charge in [-0.2, -0.15) is 0 Å². The molecule has 0 saturated heterocycles. The molecule has 0 aliphatic rings. The van der Waals surface area contributed by atoms with Crippen LogP contribution in [-0.4, -0.2) is 4.98 Å². The maximum atomic E-state index is 4.69. The summed E-state index contributed by atoms with van der Waals surface area (Å²) in [6.45, 7) is 8.68. The Kier molecular flexibility index (Phi) is 2.31. The highest BCUT2D eigenvalue weighted by atomic mass is 32.1. The smallest absolute Gasteiger partial charge is 0.0964 e. The molecule has 1 aromatic heterocycles. The fourth-order valence-electron chi connectivity index (χ4n) is 1.49. The van der Waals surface area contributed by atoms with Crippen molar-refractivity contribution in [2.24, 2.45) is 0 Å². The predicted molar refractivity (Wildman–Crippen MR) is 63.2 cm³/mol. The molecule has 0 N–H and O–H groups in total. The van der Waals surface area contributed by atoms with Crippen LogP contribution in [0.2, 0.25) is 0 Å². The van der Waals surface area contributed by atoms with Crippen LogP contribution < -0.4 is 0 Å². The first-order valence-electron chi connectivity index (χ1n) is 4.96. The molecule has 0 atom stereocenters. The number of hydrogen-bond donors (Lipinski definition) is 0. The van der Waals surface area contributed by atoms with E-state index in [0.29, 0.717) is 5.92 Å². The molecule has 2 rings (SSSR count). The van der Waals surface area contributed by atoms with E-state index in [9.17, 15) is 0 Å². The molecule has 0 saturated carbocycles. The van der Waals surface area contributed by atoms with Gasteiger partial charge in [0.25, 0.3) is 0 Å². The van der Waals surface area contributed by atoms with E-state index in [-0.39, 0.29) is 0 Å². The zero-order chi connectivity index (χ0) is 10.3. The molecule has 0 fully saturated rings. The average Bonchev–Trinajstić information content (AvgIpc) is 2.56. The summed E-state index contributed by atoms with van der Waals surface area (Å²) >= 11 is 1.82. The maximum Gasteiger partial charge on any atom is 0.0964 e. The summed E-state index contributed by atoms with van der Waals surface area (Å²) in [5.74, 6) is 0.534. The van der Waals surface area contributed by atoms with Crippen LogP contribution in [0.1, 0.15) is 35.9 Å². The van der Waals surface area contributed by atoms with Gasteiger partial charge in [-0.25, -0.2) is 4.98 Å². The lowest BCUT2D eigenvalue weighted by Crippen LogP contribution is -1.85. The van der Waals surface area contributed by atoms with Crippen LogP contribution in [0.5, 0.6) is 0 Å². The van der Waals surface area contributed by atoms with Crippen LogP contribution in [0, 0.1) is 13.8 Å². The van der Waals surface area contributed by atoms with Crippen molar-refractivity contribution in [1.82, 2.24) is 4.98 Å². The molecular formula is C12H15NS. The lowest BCUT2D eigenvalue weighted by Gasteiger charge is -1.98. The highest BCUT2D eigenvalue weighted by molar-refractivity contribution is 7.18. The van der Waals surface area contributed by atoms with E-state index in [4.69, 9.17) is 4.98 Å². The Morgan fingerprint density at radius 3 is 2.57 bits per heavy atom. The maximum absolute atomic E-state index is 4.69. The van der Waals surface area contributed by atoms with Gasteiger partial charge in [-0.1, -0.05) is 19.9 Å². The summed E-state index contributed by atoms with van der Waals surface area (Å²) < 4.78 is 1.32. The number of thiazole rings is 1. The summed E-state index contributed by atoms with van der Waals surface area (Å²) in [6, 6.07) is 4.36. The molecule has 1 aromatic carbocycles. The van der Waals surface area contributed by atoms with E-state index in [1.165, 1.54) is 26.4 Å². The van der Waals surface area contributed by atoms with Crippen molar-refractivity contribution >= 4 is 21.6 Å². The summed E-state index contributed by atoms with van der Waals surface area (Å²) in [4.78, 5) is 4.69. The molecule has 2 aromatic rings. The second-order valence-corrected chi connectivity index (χ2v) is 5.12. The lowest BCUT2D eigenvalue weighted by molar-refractivity contribution is 0.856. The predicted octanol–water partition coefficient (Wildman–Crippen LogP) is 4.04. The molecule has 0 amide bonds. The Morgan fingerprint density at radius 2 is 1.93 bits per heavy atom. The number of nitrogens with zero attached hydrogens (tertiary/aromatic N) is 1. The summed E-state index contributed by atoms with van der Waals surface area (Å²) in [5.41, 5.74) is 3.85. The number of fused-ring (bicyclic) bond motifs is 1. The van der Waals surface area contributed by atoms with Gasteiger partial charge in [0.2, 0.25) is 0 Å². The Morgan fingerprint density at radius 1 is 1.21 bits per heavy atom. The third-order valence-electron chi connectivity index (χ3n) is 2.60. The van der Waals surface area contributed by atoms with Gasteiger partial charge in [-0.3, -0.25) is 0 Å². The standard InChI is InChI=1S/C12H15NS/c1-7(2)12-13-11-9(4)8(3)5-6-10(11)14-12/h5-7H,1-4H3. The van der Waals surface area contributed by atoms with Gasteiger partial charge >= 0.3 is 0 Å². The third kappa shape index (κ3) is 1.44. The molecule has 0 spiro atoms. The van der Waals surface area contributed by atoms with Crippen molar-refractivity contribution in [3.05, 3.63) is 28.3 Å². The van der Waals surface area contributed by atoms with E-state index in [1.807, 2.05) is 11.3 Å². The molecule has 74 valence electrons. The first-order valence-corrected chi connectivity index (χ1v) is 5.78. The number of aryl methyl sites for hydroxylation is 2. The van der Waals surface area contributed by atoms with Crippen LogP contribution in [0.3, 0.4) is 0 Å². The number of aromatic nitrogens is 1. The van der Waals surface area contributed by atoms with Gasteiger partial charge in [0.05, 0.1) is 15.2 Å². The Balaban J connectivity index is 2.71. The number of rotatable bonds is 1. The van der Waals surface area contributed by atoms with Gasteiger partial charge in [0, 0.05) is 5.92 Å². The van der Waals surface area contributed by atoms with Gasteiger partial charge in [-0.15, -0.1) is 11.3 Å². The Hall–Kier alpha value is -0.890. The Labute approximate surface area is 88.8 Å². The van der Waals surface area contributed by atoms with E-state index >= 15 is 0 Å². The van der Waals surface area contributed by atoms with Crippen molar-refractivity contribution in [3.8, 4) is 0 Å². The molecule has 0 bridgehead atoms. The van der Waals surface area contributed by atoms with Crippen molar-refractivity contribution in [3.63, 3.8) is 0 Å². The van der Waals surface area contributed by atoms with Crippen molar-refractivity contribution in [2.45, 2.75) is 33.6 Å². The van der Waals surface area contributed by atoms with Crippen molar-refractivity contribution < 1.29 is 0 Å². The molecular weight excluding hydrogens is 190 g/mol. The van der Waals surface area contributed by atoms with Gasteiger partial charge in [0.1, 0.15) is 0 Å². The van der Waals surface area contributed by atoms with E-state index in [0.717, 1.165) is 0 Å². The normalized spacial score (nSPS) is 11.5. The van der Waals surface area contributed by atoms with Crippen LogP contribution in [0.15, 0.2) is 12.1 Å². The van der Waals surface area contributed by atoms with E-state index in [2.05, 4.69) is 39.8 Å². The van der Waals surface area contributed by atoms with E-state index < -0.39 is 0 Å². The highest BCUT2D eigenvalue weighted by Crippen LogP contribution is 2.30. The SMILES string of the molecule is Cc1ccc2sc(C(C)C)nc2c1C. The zero-order valence-electron chi connectivity index (χ0n) is 9.09. The number of benzene rings is 1. The minimum Gasteiger partial charge on any atom is -0.241 e. The van der Waals surface area contributed by atoms with Crippen LogP contribution in [0.4, 0.5) is 0 Å². The molecule has 0 radical (unpaired) electrons.